The molecule has 0 rings (SSSR count). The van der Waals surface area contributed by atoms with E-state index in [1.54, 1.807) is 0 Å². The first-order valence-corrected chi connectivity index (χ1v) is 2.50. The van der Waals surface area contributed by atoms with Crippen LogP contribution < -0.4 is 0 Å². The summed E-state index contributed by atoms with van der Waals surface area (Å²) in [6.45, 7) is 2.02. The summed E-state index contributed by atoms with van der Waals surface area (Å²) < 4.78 is 4.46. The molecule has 1 nitrogen and oxygen atoms in total. The van der Waals surface area contributed by atoms with Crippen molar-refractivity contribution in [3.8, 4) is 0 Å². The molecule has 0 saturated carbocycles. The molecule has 0 aromatic heterocycles. The van der Waals surface area contributed by atoms with E-state index in [2.05, 4.69) is 22.5 Å². The minimum absolute atomic E-state index is 0.969. The molecule has 0 unspecified atom stereocenters. The third kappa shape index (κ3) is 5.63. The molecule has 0 atom stereocenters. The first-order valence-electron chi connectivity index (χ1n) is 2.09. The summed E-state index contributed by atoms with van der Waals surface area (Å²) in [6.07, 6.45) is 4.35. The Bertz CT molecular complexity index is 68.5. The lowest BCUT2D eigenvalue weighted by molar-refractivity contribution is 0.502. The molecule has 0 fully saturated rings. The highest BCUT2D eigenvalue weighted by Gasteiger charge is 1.63. The maximum absolute atomic E-state index is 4.46. The summed E-state index contributed by atoms with van der Waals surface area (Å²) in [6, 6.07) is 0. The van der Waals surface area contributed by atoms with Crippen molar-refractivity contribution in [2.24, 2.45) is 0 Å². The summed E-state index contributed by atoms with van der Waals surface area (Å²) in [7, 11) is 0. The Morgan fingerprint density at radius 1 is 1.86 bits per heavy atom. The largest absolute Gasteiger partial charge is 0.449 e. The first-order chi connectivity index (χ1) is 3.41. The van der Waals surface area contributed by atoms with Crippen molar-refractivity contribution in [2.45, 2.75) is 13.3 Å². The van der Waals surface area contributed by atoms with Gasteiger partial charge in [0.05, 0.1) is 6.26 Å². The molecule has 0 aromatic carbocycles. The fourth-order valence-electron chi connectivity index (χ4n) is 0.172. The predicted molar refractivity (Wildman–Crippen MR) is 33.1 cm³/mol. The summed E-state index contributed by atoms with van der Waals surface area (Å²) in [5.74, 6) is 0. The lowest BCUT2D eigenvalue weighted by Crippen LogP contribution is -1.67. The minimum Gasteiger partial charge on any atom is -0.449 e. The molecule has 0 saturated heterocycles. The number of hydrogen-bond acceptors (Lipinski definition) is 2. The van der Waals surface area contributed by atoms with Crippen molar-refractivity contribution in [2.75, 3.05) is 0 Å². The van der Waals surface area contributed by atoms with Gasteiger partial charge in [-0.25, -0.2) is 0 Å². The number of ether oxygens (including phenoxy) is 1. The van der Waals surface area contributed by atoms with Gasteiger partial charge in [0.15, 0.2) is 0 Å². The molecular weight excluding hydrogens is 108 g/mol. The Hall–Kier alpha value is -0.370. The number of rotatable bonds is 3. The Balaban J connectivity index is 2.92. The molecule has 0 heterocycles. The van der Waals surface area contributed by atoms with Crippen LogP contribution in [0.1, 0.15) is 13.3 Å². The van der Waals surface area contributed by atoms with Crippen molar-refractivity contribution < 1.29 is 4.74 Å². The topological polar surface area (TPSA) is 9.23 Å². The molecule has 0 aromatic rings. The lowest BCUT2D eigenvalue weighted by Gasteiger charge is -1.79. The Morgan fingerprint density at radius 3 is 3.00 bits per heavy atom. The maximum Gasteiger partial charge on any atom is 0.244 e. The highest BCUT2D eigenvalue weighted by atomic mass is 32.1. The second-order valence-corrected chi connectivity index (χ2v) is 1.15. The molecule has 0 N–H and O–H groups in total. The van der Waals surface area contributed by atoms with Gasteiger partial charge >= 0.3 is 0 Å². The van der Waals surface area contributed by atoms with Gasteiger partial charge in [-0.15, -0.1) is 0 Å². The molecule has 0 aliphatic heterocycles. The molecule has 0 aliphatic carbocycles. The van der Waals surface area contributed by atoms with Crippen LogP contribution in [-0.4, -0.2) is 5.55 Å². The van der Waals surface area contributed by atoms with E-state index in [9.17, 15) is 0 Å². The van der Waals surface area contributed by atoms with Crippen LogP contribution in [0.15, 0.2) is 12.3 Å². The molecule has 0 spiro atoms. The van der Waals surface area contributed by atoms with Gasteiger partial charge in [0.2, 0.25) is 5.55 Å². The SMILES string of the molecule is CC/C=C/O[C]=S. The van der Waals surface area contributed by atoms with E-state index >= 15 is 0 Å². The molecule has 0 aliphatic rings. The normalized spacial score (nSPS) is 9.29. The van der Waals surface area contributed by atoms with Gasteiger partial charge in [-0.3, -0.25) is 0 Å². The standard InChI is InChI=1S/C5H7OS/c1-2-3-4-6-5-7/h3-4H,2H2,1H3/b4-3+. The zero-order valence-electron chi connectivity index (χ0n) is 4.18. The van der Waals surface area contributed by atoms with Gasteiger partial charge in [-0.2, -0.15) is 0 Å². The zero-order valence-corrected chi connectivity index (χ0v) is 4.99. The van der Waals surface area contributed by atoms with Gasteiger partial charge in [0, 0.05) is 0 Å². The van der Waals surface area contributed by atoms with Gasteiger partial charge in [-0.1, -0.05) is 6.92 Å². The summed E-state index contributed by atoms with van der Waals surface area (Å²) in [4.78, 5) is 0. The van der Waals surface area contributed by atoms with Crippen LogP contribution in [0.25, 0.3) is 0 Å². The number of allylic oxidation sites excluding steroid dienone is 1. The third-order valence-electron chi connectivity index (χ3n) is 0.448. The minimum atomic E-state index is 0.969. The number of hydrogen-bond donors (Lipinski definition) is 0. The van der Waals surface area contributed by atoms with Crippen molar-refractivity contribution in [3.63, 3.8) is 0 Å². The Labute approximate surface area is 49.0 Å². The molecule has 1 radical (unpaired) electrons. The molecule has 0 bridgehead atoms. The Kier molecular flexibility index (Phi) is 5.33. The Morgan fingerprint density at radius 2 is 2.57 bits per heavy atom. The second kappa shape index (κ2) is 5.63. The van der Waals surface area contributed by atoms with Crippen molar-refractivity contribution >= 4 is 17.8 Å². The lowest BCUT2D eigenvalue weighted by atomic mass is 10.5. The monoisotopic (exact) mass is 115 g/mol. The predicted octanol–water partition coefficient (Wildman–Crippen LogP) is 1.76. The van der Waals surface area contributed by atoms with Crippen LogP contribution in [0.4, 0.5) is 0 Å². The van der Waals surface area contributed by atoms with Gasteiger partial charge < -0.3 is 4.74 Å². The smallest absolute Gasteiger partial charge is 0.244 e. The highest BCUT2D eigenvalue weighted by Crippen LogP contribution is 1.77. The van der Waals surface area contributed by atoms with Crippen LogP contribution in [0.5, 0.6) is 0 Å². The molecule has 0 amide bonds. The van der Waals surface area contributed by atoms with E-state index in [0.717, 1.165) is 6.42 Å². The summed E-state index contributed by atoms with van der Waals surface area (Å²) in [5, 5.41) is 0. The van der Waals surface area contributed by atoms with Gasteiger partial charge in [0.1, 0.15) is 0 Å². The van der Waals surface area contributed by atoms with Crippen molar-refractivity contribution in [1.29, 1.82) is 0 Å². The van der Waals surface area contributed by atoms with E-state index in [4.69, 9.17) is 0 Å². The fraction of sp³-hybridized carbons (Fsp3) is 0.400. The van der Waals surface area contributed by atoms with Crippen LogP contribution in [0.2, 0.25) is 0 Å². The van der Waals surface area contributed by atoms with E-state index in [1.165, 1.54) is 6.26 Å². The van der Waals surface area contributed by atoms with Gasteiger partial charge in [-0.05, 0) is 24.7 Å². The highest BCUT2D eigenvalue weighted by molar-refractivity contribution is 7.78. The van der Waals surface area contributed by atoms with Gasteiger partial charge in [0.25, 0.3) is 0 Å². The van der Waals surface area contributed by atoms with E-state index in [1.807, 2.05) is 13.0 Å². The molecule has 2 heteroatoms. The van der Waals surface area contributed by atoms with Crippen molar-refractivity contribution in [3.05, 3.63) is 12.3 Å². The number of thiocarbonyl (C=S) groups is 1. The quantitative estimate of drug-likeness (QED) is 0.409. The van der Waals surface area contributed by atoms with Crippen LogP contribution >= 0.6 is 12.2 Å². The molecule has 7 heavy (non-hydrogen) atoms. The molecule has 39 valence electrons. The average Bonchev–Trinajstić information content (AvgIpc) is 1.69. The summed E-state index contributed by atoms with van der Waals surface area (Å²) in [5.41, 5.74) is 2.10. The zero-order chi connectivity index (χ0) is 5.54. The van der Waals surface area contributed by atoms with Crippen molar-refractivity contribution in [1.82, 2.24) is 0 Å². The van der Waals surface area contributed by atoms with E-state index in [0.29, 0.717) is 0 Å². The summed E-state index contributed by atoms with van der Waals surface area (Å²) >= 11 is 4.24. The third-order valence-corrected chi connectivity index (χ3v) is 0.544. The van der Waals surface area contributed by atoms with Crippen LogP contribution in [0.3, 0.4) is 0 Å². The second-order valence-electron chi connectivity index (χ2n) is 0.981. The van der Waals surface area contributed by atoms with Crippen LogP contribution in [0, 0.1) is 0 Å². The fourth-order valence-corrected chi connectivity index (χ4v) is 0.228. The van der Waals surface area contributed by atoms with E-state index < -0.39 is 0 Å². The van der Waals surface area contributed by atoms with Crippen LogP contribution in [-0.2, 0) is 4.74 Å². The molecular formula is C5H7OS. The first kappa shape index (κ1) is 6.63. The maximum atomic E-state index is 4.46. The van der Waals surface area contributed by atoms with E-state index in [-0.39, 0.29) is 0 Å². The average molecular weight is 115 g/mol.